The first kappa shape index (κ1) is 26.7. The number of nitrogens with two attached hydrogens (primary N) is 1. The number of hydrogen-bond donors (Lipinski definition) is 2. The van der Waals surface area contributed by atoms with E-state index in [1.54, 1.807) is 16.9 Å². The topological polar surface area (TPSA) is 108 Å². The molecule has 3 N–H and O–H groups in total. The molecule has 0 unspecified atom stereocenters. The summed E-state index contributed by atoms with van der Waals surface area (Å²) in [6.07, 6.45) is 13.2. The van der Waals surface area contributed by atoms with E-state index < -0.39 is 0 Å². The summed E-state index contributed by atoms with van der Waals surface area (Å²) in [7, 11) is 0. The van der Waals surface area contributed by atoms with Crippen LogP contribution in [0.5, 0.6) is 0 Å². The number of benzene rings is 1. The highest BCUT2D eigenvalue weighted by Crippen LogP contribution is 2.33. The molecule has 5 heterocycles. The largest absolute Gasteiger partial charge is 0.404 e. The number of nitrogens with zero attached hydrogens (tertiary/aromatic N) is 6. The molecule has 0 amide bonds. The van der Waals surface area contributed by atoms with Crippen LogP contribution in [0.2, 0.25) is 0 Å². The van der Waals surface area contributed by atoms with Gasteiger partial charge in [-0.1, -0.05) is 29.8 Å². The Morgan fingerprint density at radius 3 is 2.54 bits per heavy atom. The van der Waals surface area contributed by atoms with Gasteiger partial charge in [0.1, 0.15) is 11.9 Å². The number of hydrogen-bond acceptors (Lipinski definition) is 7. The number of nitrogens with one attached hydrogen (secondary N) is 1. The second kappa shape index (κ2) is 11.9. The summed E-state index contributed by atoms with van der Waals surface area (Å²) in [4.78, 5) is 12.0. The Balaban J connectivity index is 1.25. The number of aliphatic imine (C=N–C) groups is 1. The maximum absolute atomic E-state index is 9.80. The van der Waals surface area contributed by atoms with Crippen molar-refractivity contribution in [3.8, 4) is 17.2 Å². The van der Waals surface area contributed by atoms with Crippen molar-refractivity contribution in [1.29, 1.82) is 5.26 Å². The maximum atomic E-state index is 9.80. The van der Waals surface area contributed by atoms with E-state index in [1.165, 1.54) is 11.1 Å². The molecule has 6 rings (SSSR count). The van der Waals surface area contributed by atoms with Crippen molar-refractivity contribution in [1.82, 2.24) is 19.9 Å². The Kier molecular flexibility index (Phi) is 7.79. The molecule has 41 heavy (non-hydrogen) atoms. The second-order valence-electron chi connectivity index (χ2n) is 11.1. The predicted molar refractivity (Wildman–Crippen MR) is 165 cm³/mol. The fraction of sp³-hybridized carbons (Fsp3) is 0.333. The molecule has 0 radical (unpaired) electrons. The number of nitriles is 1. The number of aryl methyl sites for hydroxylation is 1. The van der Waals surface area contributed by atoms with E-state index in [-0.39, 0.29) is 0 Å². The van der Waals surface area contributed by atoms with Crippen molar-refractivity contribution < 1.29 is 0 Å². The lowest BCUT2D eigenvalue weighted by atomic mass is 9.89. The monoisotopic (exact) mass is 544 g/mol. The quantitative estimate of drug-likeness (QED) is 0.328. The summed E-state index contributed by atoms with van der Waals surface area (Å²) < 4.78 is 1.76. The van der Waals surface area contributed by atoms with Crippen molar-refractivity contribution in [2.75, 3.05) is 31.1 Å². The van der Waals surface area contributed by atoms with Crippen LogP contribution in [0.1, 0.15) is 53.9 Å². The van der Waals surface area contributed by atoms with Gasteiger partial charge in [0.2, 0.25) is 0 Å². The number of aromatic nitrogens is 3. The highest BCUT2D eigenvalue weighted by Gasteiger charge is 2.22. The zero-order valence-corrected chi connectivity index (χ0v) is 23.5. The number of piperidine rings is 2. The van der Waals surface area contributed by atoms with Crippen LogP contribution in [0.15, 0.2) is 72.2 Å². The molecule has 1 aromatic carbocycles. The van der Waals surface area contributed by atoms with E-state index in [2.05, 4.69) is 70.8 Å². The normalized spacial score (nSPS) is 17.4. The smallest absolute Gasteiger partial charge is 0.128 e. The maximum Gasteiger partial charge on any atom is 0.128 e. The van der Waals surface area contributed by atoms with Crippen LogP contribution in [0, 0.1) is 18.3 Å². The van der Waals surface area contributed by atoms with Gasteiger partial charge in [-0.2, -0.15) is 10.4 Å². The third kappa shape index (κ3) is 5.72. The third-order valence-electron chi connectivity index (χ3n) is 8.40. The van der Waals surface area contributed by atoms with Crippen molar-refractivity contribution >= 4 is 23.1 Å². The molecule has 0 aliphatic carbocycles. The van der Waals surface area contributed by atoms with Gasteiger partial charge in [-0.3, -0.25) is 4.99 Å². The fourth-order valence-electron chi connectivity index (χ4n) is 5.95. The second-order valence-corrected chi connectivity index (χ2v) is 11.1. The van der Waals surface area contributed by atoms with Crippen LogP contribution < -0.4 is 16.0 Å². The molecule has 0 saturated carbocycles. The molecule has 4 aromatic rings. The Hall–Kier alpha value is -4.48. The lowest BCUT2D eigenvalue weighted by molar-refractivity contribution is 0.461. The Labute approximate surface area is 241 Å². The van der Waals surface area contributed by atoms with Crippen LogP contribution in [-0.2, 0) is 0 Å². The highest BCUT2D eigenvalue weighted by atomic mass is 15.2. The summed E-state index contributed by atoms with van der Waals surface area (Å²) in [6, 6.07) is 17.8. The Bertz CT molecular complexity index is 1590. The van der Waals surface area contributed by atoms with Gasteiger partial charge in [0.15, 0.2) is 0 Å². The predicted octanol–water partition coefficient (Wildman–Crippen LogP) is 5.08. The standard InChI is InChI=1S/C33H36N8/c1-23-2-4-24(5-3-23)25-10-14-40(15-11-25)32-7-6-26(19-38-32)31-16-27(22-41-33(31)29(18-35)21-39-41)28(17-34)20-37-30-8-12-36-13-9-30/h2-7,16-17,19-22,25,30,36H,8-15,34H2,1H3/b28-17+,37-20?. The number of rotatable bonds is 6. The first-order valence-corrected chi connectivity index (χ1v) is 14.5. The molecule has 0 spiro atoms. The van der Waals surface area contributed by atoms with E-state index in [9.17, 15) is 5.26 Å². The van der Waals surface area contributed by atoms with Crippen LogP contribution >= 0.6 is 0 Å². The molecule has 0 atom stereocenters. The fourth-order valence-corrected chi connectivity index (χ4v) is 5.95. The average molecular weight is 545 g/mol. The van der Waals surface area contributed by atoms with E-state index in [4.69, 9.17) is 15.7 Å². The van der Waals surface area contributed by atoms with Crippen molar-refractivity contribution in [2.45, 2.75) is 44.6 Å². The summed E-state index contributed by atoms with van der Waals surface area (Å²) in [5, 5.41) is 17.6. The van der Waals surface area contributed by atoms with Crippen LogP contribution in [0.25, 0.3) is 22.2 Å². The SMILES string of the molecule is Cc1ccc(C2CCN(c3ccc(-c4cc(/C(C=NC5CCNCC5)=C/N)cn5ncc(C#N)c45)cn3)CC2)cc1. The molecule has 8 nitrogen and oxygen atoms in total. The van der Waals surface area contributed by atoms with Crippen molar-refractivity contribution in [2.24, 2.45) is 10.7 Å². The molecule has 8 heteroatoms. The van der Waals surface area contributed by atoms with E-state index in [0.29, 0.717) is 17.5 Å². The Morgan fingerprint density at radius 2 is 1.85 bits per heavy atom. The van der Waals surface area contributed by atoms with Gasteiger partial charge in [0, 0.05) is 60.2 Å². The van der Waals surface area contributed by atoms with Gasteiger partial charge in [-0.15, -0.1) is 0 Å². The lowest BCUT2D eigenvalue weighted by Gasteiger charge is -2.33. The molecule has 2 aliphatic heterocycles. The number of allylic oxidation sites excluding steroid dienone is 1. The summed E-state index contributed by atoms with van der Waals surface area (Å²) >= 11 is 0. The van der Waals surface area contributed by atoms with Gasteiger partial charge >= 0.3 is 0 Å². The van der Waals surface area contributed by atoms with E-state index in [1.807, 2.05) is 18.6 Å². The van der Waals surface area contributed by atoms with Crippen LogP contribution in [0.3, 0.4) is 0 Å². The third-order valence-corrected chi connectivity index (χ3v) is 8.40. The van der Waals surface area contributed by atoms with Crippen molar-refractivity contribution in [3.05, 3.63) is 89.5 Å². The van der Waals surface area contributed by atoms with Gasteiger partial charge < -0.3 is 16.0 Å². The summed E-state index contributed by atoms with van der Waals surface area (Å²) in [5.74, 6) is 1.57. The first-order valence-electron chi connectivity index (χ1n) is 14.5. The van der Waals surface area contributed by atoms with Gasteiger partial charge in [0.05, 0.1) is 23.3 Å². The van der Waals surface area contributed by atoms with Crippen molar-refractivity contribution in [3.63, 3.8) is 0 Å². The molecule has 208 valence electrons. The van der Waals surface area contributed by atoms with Gasteiger partial charge in [0.25, 0.3) is 0 Å². The molecular weight excluding hydrogens is 508 g/mol. The van der Waals surface area contributed by atoms with E-state index in [0.717, 1.165) is 85.5 Å². The van der Waals surface area contributed by atoms with Gasteiger partial charge in [-0.05, 0) is 75.4 Å². The van der Waals surface area contributed by atoms with Crippen LogP contribution in [-0.4, -0.2) is 53.0 Å². The lowest BCUT2D eigenvalue weighted by Crippen LogP contribution is -2.33. The molecule has 2 fully saturated rings. The van der Waals surface area contributed by atoms with Crippen LogP contribution in [0.4, 0.5) is 5.82 Å². The summed E-state index contributed by atoms with van der Waals surface area (Å²) in [6.45, 7) is 6.06. The van der Waals surface area contributed by atoms with E-state index >= 15 is 0 Å². The Morgan fingerprint density at radius 1 is 1.07 bits per heavy atom. The molecule has 3 aromatic heterocycles. The summed E-state index contributed by atoms with van der Waals surface area (Å²) in [5.41, 5.74) is 13.6. The zero-order chi connectivity index (χ0) is 28.2. The number of fused-ring (bicyclic) bond motifs is 1. The number of pyridine rings is 2. The zero-order valence-electron chi connectivity index (χ0n) is 23.5. The average Bonchev–Trinajstić information content (AvgIpc) is 3.45. The minimum Gasteiger partial charge on any atom is -0.404 e. The highest BCUT2D eigenvalue weighted by molar-refractivity contribution is 6.10. The number of anilines is 1. The first-order chi connectivity index (χ1) is 20.1. The van der Waals surface area contributed by atoms with Gasteiger partial charge in [-0.25, -0.2) is 9.50 Å². The molecule has 2 aliphatic rings. The molecule has 2 saturated heterocycles. The minimum atomic E-state index is 0.294. The molecular formula is C33H36N8. The molecule has 0 bridgehead atoms. The minimum absolute atomic E-state index is 0.294.